The highest BCUT2D eigenvalue weighted by Gasteiger charge is 2.18. The molecule has 0 unspecified atom stereocenters. The number of aliphatic hydroxyl groups excluding tert-OH is 1. The molecule has 0 aromatic heterocycles. The quantitative estimate of drug-likeness (QED) is 0.375. The van der Waals surface area contributed by atoms with E-state index < -0.39 is 5.97 Å². The summed E-state index contributed by atoms with van der Waals surface area (Å²) in [5.74, 6) is -0.640. The molecule has 3 heteroatoms. The summed E-state index contributed by atoms with van der Waals surface area (Å²) in [6, 6.07) is 9.21. The monoisotopic (exact) mass is 232 g/mol. The van der Waals surface area contributed by atoms with Crippen molar-refractivity contribution in [3.8, 4) is 0 Å². The lowest BCUT2D eigenvalue weighted by molar-refractivity contribution is -0.138. The molecular formula is C14H16O3. The van der Waals surface area contributed by atoms with E-state index in [-0.39, 0.29) is 17.9 Å². The van der Waals surface area contributed by atoms with Crippen LogP contribution in [0.2, 0.25) is 0 Å². The van der Waals surface area contributed by atoms with Crippen LogP contribution in [-0.4, -0.2) is 17.7 Å². The van der Waals surface area contributed by atoms with Gasteiger partial charge in [-0.15, -0.1) is 0 Å². The van der Waals surface area contributed by atoms with Gasteiger partial charge < -0.3 is 9.84 Å². The second-order valence-electron chi connectivity index (χ2n) is 3.53. The third kappa shape index (κ3) is 3.21. The average Bonchev–Trinajstić information content (AvgIpc) is 2.30. The van der Waals surface area contributed by atoms with Gasteiger partial charge in [0.25, 0.3) is 0 Å². The zero-order valence-electron chi connectivity index (χ0n) is 10.1. The van der Waals surface area contributed by atoms with E-state index in [2.05, 4.69) is 6.58 Å². The number of ether oxygens (including phenoxy) is 1. The number of hydrogen-bond donors (Lipinski definition) is 1. The molecule has 1 aromatic carbocycles. The van der Waals surface area contributed by atoms with Crippen molar-refractivity contribution >= 4 is 11.5 Å². The van der Waals surface area contributed by atoms with Crippen molar-refractivity contribution in [1.29, 1.82) is 0 Å². The van der Waals surface area contributed by atoms with Crippen LogP contribution in [0.15, 0.2) is 48.2 Å². The van der Waals surface area contributed by atoms with Gasteiger partial charge in [0.1, 0.15) is 11.3 Å². The van der Waals surface area contributed by atoms with Crippen LogP contribution in [0, 0.1) is 0 Å². The number of benzene rings is 1. The van der Waals surface area contributed by atoms with Crippen molar-refractivity contribution in [1.82, 2.24) is 0 Å². The van der Waals surface area contributed by atoms with Crippen LogP contribution in [0.4, 0.5) is 0 Å². The summed E-state index contributed by atoms with van der Waals surface area (Å²) in [7, 11) is 0. The van der Waals surface area contributed by atoms with Crippen molar-refractivity contribution in [3.05, 3.63) is 53.8 Å². The number of rotatable bonds is 4. The van der Waals surface area contributed by atoms with Crippen molar-refractivity contribution in [2.75, 3.05) is 6.61 Å². The molecule has 0 amide bonds. The van der Waals surface area contributed by atoms with Crippen LogP contribution in [0.5, 0.6) is 0 Å². The van der Waals surface area contributed by atoms with Crippen molar-refractivity contribution in [2.24, 2.45) is 0 Å². The van der Waals surface area contributed by atoms with Gasteiger partial charge in [-0.05, 0) is 25.0 Å². The summed E-state index contributed by atoms with van der Waals surface area (Å²) < 4.78 is 4.89. The van der Waals surface area contributed by atoms with Gasteiger partial charge in [0.2, 0.25) is 0 Å². The zero-order valence-corrected chi connectivity index (χ0v) is 10.1. The van der Waals surface area contributed by atoms with Gasteiger partial charge in [-0.3, -0.25) is 0 Å². The van der Waals surface area contributed by atoms with Crippen molar-refractivity contribution < 1.29 is 14.6 Å². The molecule has 3 nitrogen and oxygen atoms in total. The first-order chi connectivity index (χ1) is 8.07. The van der Waals surface area contributed by atoms with Gasteiger partial charge in [-0.2, -0.15) is 0 Å². The molecule has 0 bridgehead atoms. The Balaban J connectivity index is 3.07. The number of carbonyl (C=O) groups is 1. The van der Waals surface area contributed by atoms with Crippen molar-refractivity contribution in [2.45, 2.75) is 13.8 Å². The fourth-order valence-electron chi connectivity index (χ4n) is 1.48. The second-order valence-corrected chi connectivity index (χ2v) is 3.53. The first-order valence-electron chi connectivity index (χ1n) is 5.39. The van der Waals surface area contributed by atoms with Crippen LogP contribution in [-0.2, 0) is 9.53 Å². The van der Waals surface area contributed by atoms with E-state index >= 15 is 0 Å². The molecule has 0 saturated carbocycles. The van der Waals surface area contributed by atoms with Crippen LogP contribution in [0.3, 0.4) is 0 Å². The normalized spacial score (nSPS) is 11.6. The Labute approximate surface area is 101 Å². The van der Waals surface area contributed by atoms with Crippen LogP contribution < -0.4 is 0 Å². The Morgan fingerprint density at radius 3 is 2.41 bits per heavy atom. The Bertz CT molecular complexity index is 440. The Morgan fingerprint density at radius 2 is 1.94 bits per heavy atom. The third-order valence-corrected chi connectivity index (χ3v) is 2.27. The molecular weight excluding hydrogens is 216 g/mol. The number of carbonyl (C=O) groups excluding carboxylic acids is 1. The fraction of sp³-hybridized carbons (Fsp3) is 0.214. The van der Waals surface area contributed by atoms with Crippen LogP contribution in [0.1, 0.15) is 19.4 Å². The number of esters is 1. The minimum absolute atomic E-state index is 0.0858. The molecule has 0 aliphatic rings. The summed E-state index contributed by atoms with van der Waals surface area (Å²) in [6.45, 7) is 7.25. The van der Waals surface area contributed by atoms with Crippen LogP contribution in [0.25, 0.3) is 5.57 Å². The first kappa shape index (κ1) is 13.0. The standard InChI is InChI=1S/C14H16O3/c1-4-17-14(16)13(11(3)15)10(2)12-8-6-5-7-9-12/h5-9,15H,2,4H2,1,3H3/b13-11-. The fourth-order valence-corrected chi connectivity index (χ4v) is 1.48. The summed E-state index contributed by atoms with van der Waals surface area (Å²) >= 11 is 0. The Kier molecular flexibility index (Phi) is 4.52. The van der Waals surface area contributed by atoms with Crippen molar-refractivity contribution in [3.63, 3.8) is 0 Å². The van der Waals surface area contributed by atoms with E-state index in [1.165, 1.54) is 6.92 Å². The highest BCUT2D eigenvalue weighted by atomic mass is 16.5. The van der Waals surface area contributed by atoms with E-state index in [1.54, 1.807) is 6.92 Å². The molecule has 0 radical (unpaired) electrons. The number of allylic oxidation sites excluding steroid dienone is 1. The minimum Gasteiger partial charge on any atom is -0.512 e. The average molecular weight is 232 g/mol. The van der Waals surface area contributed by atoms with Gasteiger partial charge >= 0.3 is 5.97 Å². The predicted octanol–water partition coefficient (Wildman–Crippen LogP) is 3.09. The third-order valence-electron chi connectivity index (χ3n) is 2.27. The highest BCUT2D eigenvalue weighted by molar-refractivity contribution is 6.06. The Morgan fingerprint density at radius 1 is 1.35 bits per heavy atom. The molecule has 17 heavy (non-hydrogen) atoms. The highest BCUT2D eigenvalue weighted by Crippen LogP contribution is 2.24. The molecule has 0 heterocycles. The largest absolute Gasteiger partial charge is 0.512 e. The molecule has 0 aliphatic heterocycles. The maximum absolute atomic E-state index is 11.7. The van der Waals surface area contributed by atoms with E-state index in [1.807, 2.05) is 30.3 Å². The molecule has 1 N–H and O–H groups in total. The molecule has 0 spiro atoms. The van der Waals surface area contributed by atoms with Gasteiger partial charge in [0.15, 0.2) is 0 Å². The molecule has 1 rings (SSSR count). The smallest absolute Gasteiger partial charge is 0.342 e. The summed E-state index contributed by atoms with van der Waals surface area (Å²) in [4.78, 5) is 11.7. The lowest BCUT2D eigenvalue weighted by atomic mass is 9.99. The molecule has 0 aliphatic carbocycles. The second kappa shape index (κ2) is 5.89. The number of aliphatic hydroxyl groups is 1. The maximum Gasteiger partial charge on any atom is 0.342 e. The molecule has 90 valence electrons. The SMILES string of the molecule is C=C(/C(C(=O)OCC)=C(\C)O)c1ccccc1. The van der Waals surface area contributed by atoms with Gasteiger partial charge in [-0.1, -0.05) is 36.9 Å². The molecule has 0 saturated heterocycles. The van der Waals surface area contributed by atoms with Gasteiger partial charge in [0, 0.05) is 0 Å². The molecule has 1 aromatic rings. The topological polar surface area (TPSA) is 46.5 Å². The lowest BCUT2D eigenvalue weighted by Gasteiger charge is -2.11. The summed E-state index contributed by atoms with van der Waals surface area (Å²) in [5.41, 5.74) is 1.37. The van der Waals surface area contributed by atoms with E-state index in [4.69, 9.17) is 4.74 Å². The van der Waals surface area contributed by atoms with Gasteiger partial charge in [-0.25, -0.2) is 4.79 Å². The van der Waals surface area contributed by atoms with E-state index in [0.29, 0.717) is 5.57 Å². The first-order valence-corrected chi connectivity index (χ1v) is 5.39. The van der Waals surface area contributed by atoms with E-state index in [9.17, 15) is 9.90 Å². The Hall–Kier alpha value is -2.03. The van der Waals surface area contributed by atoms with E-state index in [0.717, 1.165) is 5.56 Å². The van der Waals surface area contributed by atoms with Gasteiger partial charge in [0.05, 0.1) is 6.61 Å². The van der Waals surface area contributed by atoms with Crippen LogP contribution >= 0.6 is 0 Å². The lowest BCUT2D eigenvalue weighted by Crippen LogP contribution is -2.11. The summed E-state index contributed by atoms with van der Waals surface area (Å²) in [5, 5.41) is 9.56. The number of hydrogen-bond acceptors (Lipinski definition) is 3. The zero-order chi connectivity index (χ0) is 12.8. The summed E-state index contributed by atoms with van der Waals surface area (Å²) in [6.07, 6.45) is 0. The maximum atomic E-state index is 11.7. The molecule has 0 fully saturated rings. The molecule has 0 atom stereocenters. The minimum atomic E-state index is -0.554. The predicted molar refractivity (Wildman–Crippen MR) is 67.4 cm³/mol.